The highest BCUT2D eigenvalue weighted by Crippen LogP contribution is 2.27. The molecular formula is C13H20ClN3S. The maximum absolute atomic E-state index is 5.92. The fourth-order valence-corrected chi connectivity index (χ4v) is 4.18. The quantitative estimate of drug-likeness (QED) is 0.926. The summed E-state index contributed by atoms with van der Waals surface area (Å²) in [4.78, 5) is 6.85. The number of hydrogen-bond acceptors (Lipinski definition) is 4. The fraction of sp³-hybridized carbons (Fsp3) is 0.769. The average Bonchev–Trinajstić information content (AvgIpc) is 3.02. The van der Waals surface area contributed by atoms with E-state index < -0.39 is 0 Å². The molecule has 2 fully saturated rings. The van der Waals surface area contributed by atoms with E-state index in [2.05, 4.69) is 15.2 Å². The van der Waals surface area contributed by atoms with Crippen molar-refractivity contribution in [2.24, 2.45) is 5.92 Å². The van der Waals surface area contributed by atoms with Crippen LogP contribution in [0.3, 0.4) is 0 Å². The van der Waals surface area contributed by atoms with Crippen LogP contribution in [-0.2, 0) is 6.54 Å². The monoisotopic (exact) mass is 285 g/mol. The zero-order chi connectivity index (χ0) is 12.4. The molecule has 0 aromatic carbocycles. The van der Waals surface area contributed by atoms with E-state index in [-0.39, 0.29) is 0 Å². The summed E-state index contributed by atoms with van der Waals surface area (Å²) in [5, 5.41) is 4.80. The van der Waals surface area contributed by atoms with Gasteiger partial charge in [0.25, 0.3) is 0 Å². The lowest BCUT2D eigenvalue weighted by molar-refractivity contribution is 0.157. The molecule has 1 aromatic rings. The third kappa shape index (κ3) is 3.05. The van der Waals surface area contributed by atoms with E-state index in [4.69, 9.17) is 11.6 Å². The number of thiazole rings is 1. The van der Waals surface area contributed by atoms with E-state index in [0.717, 1.165) is 27.8 Å². The molecule has 1 unspecified atom stereocenters. The van der Waals surface area contributed by atoms with Gasteiger partial charge in [0.1, 0.15) is 9.34 Å². The average molecular weight is 286 g/mol. The Morgan fingerprint density at radius 2 is 2.22 bits per heavy atom. The molecule has 3 heterocycles. The summed E-state index contributed by atoms with van der Waals surface area (Å²) in [5.74, 6) is 0.892. The normalized spacial score (nSPS) is 26.8. The van der Waals surface area contributed by atoms with Crippen LogP contribution in [0.2, 0.25) is 4.34 Å². The lowest BCUT2D eigenvalue weighted by atomic mass is 9.88. The van der Waals surface area contributed by atoms with Crippen molar-refractivity contribution in [2.75, 3.05) is 19.6 Å². The minimum Gasteiger partial charge on any atom is -0.314 e. The van der Waals surface area contributed by atoms with Crippen LogP contribution in [0.25, 0.3) is 0 Å². The maximum Gasteiger partial charge on any atom is 0.113 e. The molecule has 3 nitrogen and oxygen atoms in total. The molecule has 0 spiro atoms. The first-order chi connectivity index (χ1) is 8.81. The molecule has 100 valence electrons. The Hall–Kier alpha value is -0.160. The van der Waals surface area contributed by atoms with E-state index in [1.807, 2.05) is 0 Å². The fourth-order valence-electron chi connectivity index (χ4n) is 3.18. The van der Waals surface area contributed by atoms with Gasteiger partial charge in [0.05, 0.1) is 12.7 Å². The van der Waals surface area contributed by atoms with Gasteiger partial charge in [-0.05, 0) is 51.2 Å². The molecule has 2 aliphatic rings. The van der Waals surface area contributed by atoms with Gasteiger partial charge >= 0.3 is 0 Å². The van der Waals surface area contributed by atoms with Crippen LogP contribution < -0.4 is 5.32 Å². The summed E-state index contributed by atoms with van der Waals surface area (Å²) in [6, 6.07) is 0.793. The van der Waals surface area contributed by atoms with Gasteiger partial charge in [-0.3, -0.25) is 4.90 Å². The molecule has 2 saturated heterocycles. The van der Waals surface area contributed by atoms with Crippen LogP contribution in [0.1, 0.15) is 30.7 Å². The van der Waals surface area contributed by atoms with Crippen molar-refractivity contribution < 1.29 is 0 Å². The summed E-state index contributed by atoms with van der Waals surface area (Å²) in [6.45, 7) is 4.62. The predicted octanol–water partition coefficient (Wildman–Crippen LogP) is 2.76. The molecule has 1 aromatic heterocycles. The SMILES string of the molecule is Clc1cnc(CN2CCC(C3CCCN3)CC2)s1. The molecular weight excluding hydrogens is 266 g/mol. The van der Waals surface area contributed by atoms with Gasteiger partial charge in [0.2, 0.25) is 0 Å². The second kappa shape index (κ2) is 5.87. The molecule has 0 amide bonds. The molecule has 5 heteroatoms. The van der Waals surface area contributed by atoms with Crippen molar-refractivity contribution in [1.82, 2.24) is 15.2 Å². The summed E-state index contributed by atoms with van der Waals surface area (Å²) >= 11 is 7.52. The lowest BCUT2D eigenvalue weighted by Crippen LogP contribution is -2.40. The smallest absolute Gasteiger partial charge is 0.113 e. The minimum atomic E-state index is 0.793. The Bertz CT molecular complexity index is 381. The van der Waals surface area contributed by atoms with Gasteiger partial charge in [-0.2, -0.15) is 0 Å². The molecule has 0 bridgehead atoms. The lowest BCUT2D eigenvalue weighted by Gasteiger charge is -2.34. The Morgan fingerprint density at radius 1 is 1.39 bits per heavy atom. The summed E-state index contributed by atoms with van der Waals surface area (Å²) < 4.78 is 0.801. The Morgan fingerprint density at radius 3 is 2.83 bits per heavy atom. The molecule has 0 aliphatic carbocycles. The third-order valence-corrected chi connectivity index (χ3v) is 5.28. The molecule has 3 rings (SSSR count). The standard InChI is InChI=1S/C13H20ClN3S/c14-12-8-16-13(18-12)9-17-6-3-10(4-7-17)11-2-1-5-15-11/h8,10-11,15H,1-7,9H2. The van der Waals surface area contributed by atoms with Crippen molar-refractivity contribution in [3.63, 3.8) is 0 Å². The van der Waals surface area contributed by atoms with Crippen LogP contribution in [0.5, 0.6) is 0 Å². The highest BCUT2D eigenvalue weighted by Gasteiger charge is 2.28. The van der Waals surface area contributed by atoms with Gasteiger partial charge in [-0.15, -0.1) is 11.3 Å². The number of rotatable bonds is 3. The van der Waals surface area contributed by atoms with Gasteiger partial charge in [-0.25, -0.2) is 4.98 Å². The molecule has 1 N–H and O–H groups in total. The molecule has 0 saturated carbocycles. The van der Waals surface area contributed by atoms with Crippen molar-refractivity contribution >= 4 is 22.9 Å². The Kier molecular flexibility index (Phi) is 4.19. The Labute approximate surface area is 118 Å². The minimum absolute atomic E-state index is 0.793. The van der Waals surface area contributed by atoms with Crippen molar-refractivity contribution in [1.29, 1.82) is 0 Å². The van der Waals surface area contributed by atoms with E-state index >= 15 is 0 Å². The summed E-state index contributed by atoms with van der Waals surface area (Å²) in [5.41, 5.74) is 0. The first-order valence-corrected chi connectivity index (χ1v) is 8.06. The van der Waals surface area contributed by atoms with E-state index in [0.29, 0.717) is 0 Å². The predicted molar refractivity (Wildman–Crippen MR) is 76.1 cm³/mol. The second-order valence-corrected chi connectivity index (χ2v) is 7.12. The van der Waals surface area contributed by atoms with Crippen LogP contribution in [0.15, 0.2) is 6.20 Å². The second-order valence-electron chi connectivity index (χ2n) is 5.37. The van der Waals surface area contributed by atoms with Crippen LogP contribution in [0.4, 0.5) is 0 Å². The third-order valence-electron chi connectivity index (χ3n) is 4.18. The van der Waals surface area contributed by atoms with Crippen LogP contribution >= 0.6 is 22.9 Å². The largest absolute Gasteiger partial charge is 0.314 e. The van der Waals surface area contributed by atoms with Crippen molar-refractivity contribution in [2.45, 2.75) is 38.3 Å². The number of piperidine rings is 1. The number of nitrogens with one attached hydrogen (secondary N) is 1. The van der Waals surface area contributed by atoms with E-state index in [1.165, 1.54) is 45.3 Å². The number of hydrogen-bond donors (Lipinski definition) is 1. The highest BCUT2D eigenvalue weighted by molar-refractivity contribution is 7.15. The zero-order valence-electron chi connectivity index (χ0n) is 10.6. The number of nitrogens with zero attached hydrogens (tertiary/aromatic N) is 2. The molecule has 18 heavy (non-hydrogen) atoms. The topological polar surface area (TPSA) is 28.2 Å². The Balaban J connectivity index is 1.47. The van der Waals surface area contributed by atoms with Gasteiger partial charge < -0.3 is 5.32 Å². The first kappa shape index (κ1) is 12.9. The van der Waals surface area contributed by atoms with Crippen molar-refractivity contribution in [3.05, 3.63) is 15.5 Å². The van der Waals surface area contributed by atoms with Crippen LogP contribution in [-0.4, -0.2) is 35.6 Å². The maximum atomic E-state index is 5.92. The van der Waals surface area contributed by atoms with Gasteiger partial charge in [0, 0.05) is 6.04 Å². The number of likely N-dealkylation sites (tertiary alicyclic amines) is 1. The highest BCUT2D eigenvalue weighted by atomic mass is 35.5. The number of halogens is 1. The molecule has 2 aliphatic heterocycles. The zero-order valence-corrected chi connectivity index (χ0v) is 12.1. The van der Waals surface area contributed by atoms with E-state index in [9.17, 15) is 0 Å². The first-order valence-electron chi connectivity index (χ1n) is 6.87. The van der Waals surface area contributed by atoms with Crippen LogP contribution in [0, 0.1) is 5.92 Å². The van der Waals surface area contributed by atoms with E-state index in [1.54, 1.807) is 17.5 Å². The molecule has 0 radical (unpaired) electrons. The molecule has 1 atom stereocenters. The van der Waals surface area contributed by atoms with Gasteiger partial charge in [-0.1, -0.05) is 11.6 Å². The summed E-state index contributed by atoms with van der Waals surface area (Å²) in [6.07, 6.45) is 7.17. The number of aromatic nitrogens is 1. The van der Waals surface area contributed by atoms with Crippen molar-refractivity contribution in [3.8, 4) is 0 Å². The van der Waals surface area contributed by atoms with Gasteiger partial charge in [0.15, 0.2) is 0 Å². The summed E-state index contributed by atoms with van der Waals surface area (Å²) in [7, 11) is 0.